The fourth-order valence-corrected chi connectivity index (χ4v) is 4.04. The van der Waals surface area contributed by atoms with E-state index >= 15 is 8.78 Å². The van der Waals surface area contributed by atoms with Crippen molar-refractivity contribution in [2.24, 2.45) is 0 Å². The molecule has 0 amide bonds. The van der Waals surface area contributed by atoms with Crippen LogP contribution in [0.4, 0.5) is 13.2 Å². The maximum absolute atomic E-state index is 15.1. The van der Waals surface area contributed by atoms with E-state index in [4.69, 9.17) is 10.00 Å². The molecule has 140 valence electrons. The Morgan fingerprint density at radius 3 is 2.32 bits per heavy atom. The van der Waals surface area contributed by atoms with E-state index in [2.05, 4.69) is 0 Å². The van der Waals surface area contributed by atoms with Crippen LogP contribution in [0.2, 0.25) is 0 Å². The highest BCUT2D eigenvalue weighted by Crippen LogP contribution is 2.45. The SMILES string of the molecule is CC[C@@](C[S@@](=O)C(C)(C)C)(c1ccccc1F)C(F)(F)COCC#N. The molecule has 0 fully saturated rings. The number of ether oxygens (including phenoxy) is 1. The summed E-state index contributed by atoms with van der Waals surface area (Å²) >= 11 is 0. The Balaban J connectivity index is 3.46. The summed E-state index contributed by atoms with van der Waals surface area (Å²) < 4.78 is 61.4. The first kappa shape index (κ1) is 21.7. The van der Waals surface area contributed by atoms with Crippen molar-refractivity contribution in [1.82, 2.24) is 0 Å². The molecule has 1 aromatic carbocycles. The Morgan fingerprint density at radius 1 is 1.24 bits per heavy atom. The predicted octanol–water partition coefficient (Wildman–Crippen LogP) is 4.20. The lowest BCUT2D eigenvalue weighted by molar-refractivity contribution is -0.124. The Hall–Kier alpha value is -1.39. The lowest BCUT2D eigenvalue weighted by Crippen LogP contribution is -2.53. The zero-order valence-corrected chi connectivity index (χ0v) is 15.8. The number of hydrogen-bond acceptors (Lipinski definition) is 3. The molecule has 0 N–H and O–H groups in total. The average molecular weight is 375 g/mol. The normalized spacial score (nSPS) is 16.1. The minimum atomic E-state index is -3.50. The molecule has 0 aromatic heterocycles. The van der Waals surface area contributed by atoms with Gasteiger partial charge in [-0.05, 0) is 33.3 Å². The summed E-state index contributed by atoms with van der Waals surface area (Å²) in [5, 5.41) is 8.51. The van der Waals surface area contributed by atoms with Crippen molar-refractivity contribution in [3.8, 4) is 6.07 Å². The molecule has 2 atom stereocenters. The molecule has 0 aliphatic rings. The predicted molar refractivity (Wildman–Crippen MR) is 92.5 cm³/mol. The van der Waals surface area contributed by atoms with Crippen molar-refractivity contribution in [2.45, 2.75) is 50.2 Å². The van der Waals surface area contributed by atoms with Crippen LogP contribution in [0.1, 0.15) is 39.7 Å². The molecule has 1 rings (SSSR count). The number of rotatable bonds is 8. The van der Waals surface area contributed by atoms with Crippen LogP contribution < -0.4 is 0 Å². The Bertz CT molecular complexity index is 652. The van der Waals surface area contributed by atoms with Crippen LogP contribution in [0.3, 0.4) is 0 Å². The number of alkyl halides is 2. The third kappa shape index (κ3) is 4.83. The smallest absolute Gasteiger partial charge is 0.281 e. The highest BCUT2D eigenvalue weighted by atomic mass is 32.2. The summed E-state index contributed by atoms with van der Waals surface area (Å²) in [6.45, 7) is 5.06. The minimum Gasteiger partial charge on any atom is -0.360 e. The number of nitrogens with zero attached hydrogens (tertiary/aromatic N) is 1. The van der Waals surface area contributed by atoms with E-state index in [1.807, 2.05) is 0 Å². The Labute approximate surface area is 149 Å². The summed E-state index contributed by atoms with van der Waals surface area (Å²) in [6, 6.07) is 6.96. The van der Waals surface area contributed by atoms with Gasteiger partial charge in [-0.1, -0.05) is 25.1 Å². The highest BCUT2D eigenvalue weighted by Gasteiger charge is 2.56. The summed E-state index contributed by atoms with van der Waals surface area (Å²) in [4.78, 5) is 0. The van der Waals surface area contributed by atoms with Gasteiger partial charge in [0.15, 0.2) is 0 Å². The Morgan fingerprint density at radius 2 is 1.84 bits per heavy atom. The Kier molecular flexibility index (Phi) is 7.21. The molecule has 0 unspecified atom stereocenters. The van der Waals surface area contributed by atoms with Gasteiger partial charge in [-0.15, -0.1) is 0 Å². The summed E-state index contributed by atoms with van der Waals surface area (Å²) in [7, 11) is -1.64. The van der Waals surface area contributed by atoms with Gasteiger partial charge in [-0.25, -0.2) is 13.2 Å². The van der Waals surface area contributed by atoms with Gasteiger partial charge in [0, 0.05) is 26.9 Å². The third-order valence-electron chi connectivity index (χ3n) is 4.20. The molecule has 7 heteroatoms. The van der Waals surface area contributed by atoms with Crippen LogP contribution in [-0.4, -0.2) is 33.8 Å². The van der Waals surface area contributed by atoms with E-state index in [0.717, 1.165) is 6.07 Å². The molecule has 0 aliphatic heterocycles. The van der Waals surface area contributed by atoms with Crippen LogP contribution in [0.5, 0.6) is 0 Å². The molecule has 0 radical (unpaired) electrons. The summed E-state index contributed by atoms with van der Waals surface area (Å²) in [5.74, 6) is -4.67. The fourth-order valence-electron chi connectivity index (χ4n) is 2.58. The van der Waals surface area contributed by atoms with Gasteiger partial charge >= 0.3 is 0 Å². The van der Waals surface area contributed by atoms with E-state index in [1.165, 1.54) is 25.1 Å². The maximum atomic E-state index is 15.1. The number of nitriles is 1. The highest BCUT2D eigenvalue weighted by molar-refractivity contribution is 7.86. The molecule has 1 aromatic rings. The molecule has 3 nitrogen and oxygen atoms in total. The van der Waals surface area contributed by atoms with E-state index in [9.17, 15) is 8.60 Å². The zero-order chi connectivity index (χ0) is 19.3. The van der Waals surface area contributed by atoms with Crippen LogP contribution in [-0.2, 0) is 21.0 Å². The van der Waals surface area contributed by atoms with E-state index in [-0.39, 0.29) is 12.0 Å². The lowest BCUT2D eigenvalue weighted by Gasteiger charge is -2.41. The third-order valence-corrected chi connectivity index (χ3v) is 6.32. The van der Waals surface area contributed by atoms with Gasteiger partial charge < -0.3 is 4.74 Å². The van der Waals surface area contributed by atoms with Crippen LogP contribution >= 0.6 is 0 Å². The molecule has 0 saturated carbocycles. The molecule has 0 aliphatic carbocycles. The molecule has 0 bridgehead atoms. The van der Waals surface area contributed by atoms with Crippen molar-refractivity contribution in [2.75, 3.05) is 19.0 Å². The molecule has 0 spiro atoms. The van der Waals surface area contributed by atoms with Gasteiger partial charge in [0.05, 0.1) is 11.5 Å². The zero-order valence-electron chi connectivity index (χ0n) is 14.9. The summed E-state index contributed by atoms with van der Waals surface area (Å²) in [6.07, 6.45) is -0.126. The first-order valence-corrected chi connectivity index (χ1v) is 9.29. The molecule has 25 heavy (non-hydrogen) atoms. The van der Waals surface area contributed by atoms with Crippen molar-refractivity contribution >= 4 is 10.8 Å². The van der Waals surface area contributed by atoms with Gasteiger partial charge in [0.1, 0.15) is 19.0 Å². The average Bonchev–Trinajstić information content (AvgIpc) is 2.52. The molecule has 0 heterocycles. The number of halogens is 3. The molecule has 0 saturated heterocycles. The second-order valence-electron chi connectivity index (χ2n) is 6.87. The van der Waals surface area contributed by atoms with Crippen LogP contribution in [0.15, 0.2) is 24.3 Å². The van der Waals surface area contributed by atoms with Gasteiger partial charge in [-0.3, -0.25) is 4.21 Å². The number of hydrogen-bond donors (Lipinski definition) is 0. The summed E-state index contributed by atoms with van der Waals surface area (Å²) in [5.41, 5.74) is -2.17. The van der Waals surface area contributed by atoms with Gasteiger partial charge in [-0.2, -0.15) is 5.26 Å². The second kappa shape index (κ2) is 8.33. The van der Waals surface area contributed by atoms with Gasteiger partial charge in [0.25, 0.3) is 5.92 Å². The maximum Gasteiger partial charge on any atom is 0.281 e. The van der Waals surface area contributed by atoms with E-state index < -0.39 is 51.7 Å². The first-order valence-electron chi connectivity index (χ1n) is 7.98. The first-order chi connectivity index (χ1) is 11.5. The quantitative estimate of drug-likeness (QED) is 0.640. The topological polar surface area (TPSA) is 50.1 Å². The van der Waals surface area contributed by atoms with E-state index in [1.54, 1.807) is 26.8 Å². The van der Waals surface area contributed by atoms with Crippen molar-refractivity contribution in [1.29, 1.82) is 5.26 Å². The minimum absolute atomic E-state index is 0.126. The molecular weight excluding hydrogens is 351 g/mol. The van der Waals surface area contributed by atoms with Crippen molar-refractivity contribution < 1.29 is 22.1 Å². The van der Waals surface area contributed by atoms with Crippen LogP contribution in [0.25, 0.3) is 0 Å². The fraction of sp³-hybridized carbons (Fsp3) is 0.611. The van der Waals surface area contributed by atoms with E-state index in [0.29, 0.717) is 0 Å². The van der Waals surface area contributed by atoms with Crippen molar-refractivity contribution in [3.63, 3.8) is 0 Å². The monoisotopic (exact) mass is 375 g/mol. The van der Waals surface area contributed by atoms with Gasteiger partial charge in [0.2, 0.25) is 0 Å². The largest absolute Gasteiger partial charge is 0.360 e. The standard InChI is InChI=1S/C18H24F3NO2S/c1-5-17(13-25(23)16(2,3)4,14-8-6-7-9-15(14)19)18(20,21)12-24-11-10-22/h6-9H,5,11-13H2,1-4H3/t17-,25-/m1/s1. The lowest BCUT2D eigenvalue weighted by atomic mass is 9.74. The van der Waals surface area contributed by atoms with Crippen molar-refractivity contribution in [3.05, 3.63) is 35.6 Å². The number of benzene rings is 1. The molecular formula is C18H24F3NO2S. The second-order valence-corrected chi connectivity index (χ2v) is 9.08. The van der Waals surface area contributed by atoms with Crippen LogP contribution in [0, 0.1) is 17.1 Å².